The molecule has 1 aromatic carbocycles. The molecule has 0 spiro atoms. The van der Waals surface area contributed by atoms with Gasteiger partial charge < -0.3 is 14.9 Å². The normalized spacial score (nSPS) is 13.8. The van der Waals surface area contributed by atoms with E-state index in [1.54, 1.807) is 0 Å². The predicted molar refractivity (Wildman–Crippen MR) is 102 cm³/mol. The number of amides is 1. The highest BCUT2D eigenvalue weighted by atomic mass is 16.2. The third kappa shape index (κ3) is 2.94. The third-order valence-corrected chi connectivity index (χ3v) is 5.21. The number of ketones is 1. The van der Waals surface area contributed by atoms with Crippen molar-refractivity contribution in [2.45, 2.75) is 39.2 Å². The Morgan fingerprint density at radius 2 is 2.08 bits per heavy atom. The van der Waals surface area contributed by atoms with Crippen molar-refractivity contribution >= 4 is 22.6 Å². The van der Waals surface area contributed by atoms with E-state index in [1.807, 2.05) is 19.1 Å². The Morgan fingerprint density at radius 1 is 1.23 bits per heavy atom. The molecule has 2 heterocycles. The number of nitrogens with one attached hydrogen (secondary N) is 2. The number of H-pyrrole nitrogens is 1. The summed E-state index contributed by atoms with van der Waals surface area (Å²) in [6.07, 6.45) is 5.22. The molecule has 4 rings (SSSR count). The number of aromatic amines is 1. The molecule has 0 saturated carbocycles. The van der Waals surface area contributed by atoms with Crippen LogP contribution in [-0.4, -0.2) is 27.8 Å². The van der Waals surface area contributed by atoms with Crippen LogP contribution in [0, 0.1) is 6.92 Å². The fourth-order valence-corrected chi connectivity index (χ4v) is 3.88. The number of rotatable bonds is 5. The second-order valence-corrected chi connectivity index (χ2v) is 6.93. The largest absolute Gasteiger partial charge is 0.354 e. The van der Waals surface area contributed by atoms with Gasteiger partial charge in [-0.1, -0.05) is 18.2 Å². The maximum absolute atomic E-state index is 12.5. The zero-order valence-electron chi connectivity index (χ0n) is 15.0. The third-order valence-electron chi connectivity index (χ3n) is 5.21. The van der Waals surface area contributed by atoms with Crippen LogP contribution in [0.3, 0.4) is 0 Å². The first-order valence-electron chi connectivity index (χ1n) is 9.22. The van der Waals surface area contributed by atoms with Crippen molar-refractivity contribution in [3.63, 3.8) is 0 Å². The highest BCUT2D eigenvalue weighted by Crippen LogP contribution is 2.26. The second-order valence-electron chi connectivity index (χ2n) is 6.93. The van der Waals surface area contributed by atoms with Crippen molar-refractivity contribution in [3.8, 4) is 0 Å². The second kappa shape index (κ2) is 6.83. The molecule has 134 valence electrons. The fraction of sp³-hybridized carbons (Fsp3) is 0.333. The first kappa shape index (κ1) is 16.6. The molecule has 1 aliphatic carbocycles. The van der Waals surface area contributed by atoms with Crippen LogP contribution < -0.4 is 5.32 Å². The van der Waals surface area contributed by atoms with Crippen LogP contribution in [0.2, 0.25) is 0 Å². The number of carbonyl (C=O) groups is 2. The molecule has 3 aromatic rings. The highest BCUT2D eigenvalue weighted by Gasteiger charge is 2.26. The van der Waals surface area contributed by atoms with Crippen molar-refractivity contribution in [2.24, 2.45) is 0 Å². The van der Waals surface area contributed by atoms with Gasteiger partial charge in [-0.3, -0.25) is 9.59 Å². The zero-order chi connectivity index (χ0) is 18.1. The van der Waals surface area contributed by atoms with E-state index in [0.717, 1.165) is 42.6 Å². The van der Waals surface area contributed by atoms with Crippen LogP contribution in [-0.2, 0) is 13.0 Å². The van der Waals surface area contributed by atoms with Gasteiger partial charge in [-0.25, -0.2) is 0 Å². The summed E-state index contributed by atoms with van der Waals surface area (Å²) in [5, 5.41) is 4.21. The predicted octanol–water partition coefficient (Wildman–Crippen LogP) is 3.62. The lowest BCUT2D eigenvalue weighted by Gasteiger charge is -2.09. The number of aromatic nitrogens is 2. The molecule has 0 radical (unpaired) electrons. The van der Waals surface area contributed by atoms with E-state index < -0.39 is 0 Å². The lowest BCUT2D eigenvalue weighted by Crippen LogP contribution is -2.26. The van der Waals surface area contributed by atoms with Crippen molar-refractivity contribution < 1.29 is 9.59 Å². The fourth-order valence-electron chi connectivity index (χ4n) is 3.88. The molecule has 1 aliphatic rings. The SMILES string of the molecule is Cc1c(C(=O)NCCCn2ccc3ccccc32)[nH]c2c1C(=O)CCC2. The Labute approximate surface area is 152 Å². The van der Waals surface area contributed by atoms with E-state index in [9.17, 15) is 9.59 Å². The Hall–Kier alpha value is -2.82. The number of hydrogen-bond acceptors (Lipinski definition) is 2. The number of nitrogens with zero attached hydrogens (tertiary/aromatic N) is 1. The van der Waals surface area contributed by atoms with Gasteiger partial charge in [-0.05, 0) is 49.3 Å². The van der Waals surface area contributed by atoms with Gasteiger partial charge in [0.05, 0.1) is 0 Å². The molecular formula is C21H23N3O2. The van der Waals surface area contributed by atoms with Gasteiger partial charge in [0.25, 0.3) is 5.91 Å². The smallest absolute Gasteiger partial charge is 0.268 e. The number of carbonyl (C=O) groups excluding carboxylic acids is 2. The molecule has 0 bridgehead atoms. The zero-order valence-corrected chi connectivity index (χ0v) is 15.0. The molecule has 5 heteroatoms. The van der Waals surface area contributed by atoms with Crippen molar-refractivity contribution in [3.05, 3.63) is 59.0 Å². The molecule has 0 fully saturated rings. The van der Waals surface area contributed by atoms with Crippen LogP contribution in [0.15, 0.2) is 36.5 Å². The van der Waals surface area contributed by atoms with Gasteiger partial charge in [-0.15, -0.1) is 0 Å². The van der Waals surface area contributed by atoms with Crippen LogP contribution in [0.25, 0.3) is 10.9 Å². The molecule has 0 unspecified atom stereocenters. The molecule has 0 aliphatic heterocycles. The number of benzene rings is 1. The molecule has 26 heavy (non-hydrogen) atoms. The summed E-state index contributed by atoms with van der Waals surface area (Å²) in [7, 11) is 0. The molecule has 2 N–H and O–H groups in total. The summed E-state index contributed by atoms with van der Waals surface area (Å²) in [5.41, 5.74) is 4.20. The summed E-state index contributed by atoms with van der Waals surface area (Å²) in [5.74, 6) is 0.0283. The van der Waals surface area contributed by atoms with Gasteiger partial charge in [0.2, 0.25) is 0 Å². The standard InChI is InChI=1S/C21H23N3O2/c1-14-19-16(7-4-9-18(19)25)23-20(14)21(26)22-11-5-12-24-13-10-15-6-2-3-8-17(15)24/h2-3,6,8,10,13,23H,4-5,7,9,11-12H2,1H3,(H,22,26). The topological polar surface area (TPSA) is 66.9 Å². The van der Waals surface area contributed by atoms with E-state index >= 15 is 0 Å². The number of para-hydroxylation sites is 1. The monoisotopic (exact) mass is 349 g/mol. The molecule has 0 atom stereocenters. The van der Waals surface area contributed by atoms with Gasteiger partial charge in [0.15, 0.2) is 5.78 Å². The first-order chi connectivity index (χ1) is 12.6. The van der Waals surface area contributed by atoms with Gasteiger partial charge in [-0.2, -0.15) is 0 Å². The van der Waals surface area contributed by atoms with Gasteiger partial charge in [0.1, 0.15) is 5.69 Å². The van der Waals surface area contributed by atoms with E-state index in [0.29, 0.717) is 18.7 Å². The Morgan fingerprint density at radius 3 is 2.92 bits per heavy atom. The maximum atomic E-state index is 12.5. The molecule has 0 saturated heterocycles. The lowest BCUT2D eigenvalue weighted by atomic mass is 9.94. The van der Waals surface area contributed by atoms with E-state index in [4.69, 9.17) is 0 Å². The quantitative estimate of drug-likeness (QED) is 0.691. The summed E-state index contributed by atoms with van der Waals surface area (Å²) in [4.78, 5) is 27.8. The van der Waals surface area contributed by atoms with E-state index in [2.05, 4.69) is 39.3 Å². The minimum Gasteiger partial charge on any atom is -0.354 e. The Bertz CT molecular complexity index is 980. The molecule has 2 aromatic heterocycles. The van der Waals surface area contributed by atoms with Gasteiger partial charge in [0, 0.05) is 42.5 Å². The summed E-state index contributed by atoms with van der Waals surface area (Å²) >= 11 is 0. The van der Waals surface area contributed by atoms with Crippen LogP contribution in [0.1, 0.15) is 51.4 Å². The molecular weight excluding hydrogens is 326 g/mol. The van der Waals surface area contributed by atoms with Crippen LogP contribution in [0.5, 0.6) is 0 Å². The van der Waals surface area contributed by atoms with E-state index in [-0.39, 0.29) is 11.7 Å². The Kier molecular flexibility index (Phi) is 4.37. The van der Waals surface area contributed by atoms with Crippen molar-refractivity contribution in [2.75, 3.05) is 6.54 Å². The number of hydrogen-bond donors (Lipinski definition) is 2. The van der Waals surface area contributed by atoms with Crippen LogP contribution >= 0.6 is 0 Å². The number of Topliss-reactive ketones (excluding diaryl/α,β-unsaturated/α-hetero) is 1. The average Bonchev–Trinajstić information content (AvgIpc) is 3.21. The minimum absolute atomic E-state index is 0.123. The van der Waals surface area contributed by atoms with Crippen LogP contribution in [0.4, 0.5) is 0 Å². The number of fused-ring (bicyclic) bond motifs is 2. The molecule has 5 nitrogen and oxygen atoms in total. The lowest BCUT2D eigenvalue weighted by molar-refractivity contribution is 0.0946. The Balaban J connectivity index is 1.37. The minimum atomic E-state index is -0.123. The average molecular weight is 349 g/mol. The maximum Gasteiger partial charge on any atom is 0.268 e. The number of aryl methyl sites for hydroxylation is 2. The first-order valence-corrected chi connectivity index (χ1v) is 9.22. The molecule has 1 amide bonds. The summed E-state index contributed by atoms with van der Waals surface area (Å²) in [6, 6.07) is 10.4. The van der Waals surface area contributed by atoms with E-state index in [1.165, 1.54) is 10.9 Å². The van der Waals surface area contributed by atoms with Crippen molar-refractivity contribution in [1.29, 1.82) is 0 Å². The summed E-state index contributed by atoms with van der Waals surface area (Å²) < 4.78 is 2.21. The summed E-state index contributed by atoms with van der Waals surface area (Å²) in [6.45, 7) is 3.31. The highest BCUT2D eigenvalue weighted by molar-refractivity contribution is 6.04. The van der Waals surface area contributed by atoms with Gasteiger partial charge >= 0.3 is 0 Å². The van der Waals surface area contributed by atoms with Crippen molar-refractivity contribution in [1.82, 2.24) is 14.9 Å².